The molecule has 0 heterocycles. The highest BCUT2D eigenvalue weighted by atomic mass is 19.1. The van der Waals surface area contributed by atoms with Crippen LogP contribution in [-0.4, -0.2) is 20.1 Å². The number of anilines is 1. The van der Waals surface area contributed by atoms with E-state index in [-0.39, 0.29) is 12.1 Å². The zero-order valence-electron chi connectivity index (χ0n) is 10.1. The first kappa shape index (κ1) is 14.1. The molecule has 0 saturated heterocycles. The third kappa shape index (κ3) is 3.52. The lowest BCUT2D eigenvalue weighted by Gasteiger charge is -2.14. The standard InChI is InChI=1S/C12H13FN2O3/c1-17-12(18-2)8-3-4-10(9(13)7-8)15-11(16)5-6-14/h3-4,7,12H,5H2,1-2H3,(H,15,16). The first-order chi connectivity index (χ1) is 8.62. The summed E-state index contributed by atoms with van der Waals surface area (Å²) in [6.07, 6.45) is -0.983. The predicted molar refractivity (Wildman–Crippen MR) is 62.0 cm³/mol. The van der Waals surface area contributed by atoms with Gasteiger partial charge in [-0.15, -0.1) is 0 Å². The lowest BCUT2D eigenvalue weighted by Crippen LogP contribution is -2.12. The van der Waals surface area contributed by atoms with Crippen LogP contribution in [0.1, 0.15) is 18.3 Å². The van der Waals surface area contributed by atoms with E-state index in [4.69, 9.17) is 14.7 Å². The third-order valence-electron chi connectivity index (χ3n) is 2.21. The number of ether oxygens (including phenoxy) is 2. The smallest absolute Gasteiger partial charge is 0.238 e. The number of nitrogens with zero attached hydrogens (tertiary/aromatic N) is 1. The Morgan fingerprint density at radius 3 is 2.67 bits per heavy atom. The predicted octanol–water partition coefficient (Wildman–Crippen LogP) is 1.97. The average Bonchev–Trinajstić information content (AvgIpc) is 2.34. The molecule has 5 nitrogen and oxygen atoms in total. The molecule has 1 N–H and O–H groups in total. The highest BCUT2D eigenvalue weighted by Crippen LogP contribution is 2.22. The van der Waals surface area contributed by atoms with Gasteiger partial charge in [-0.05, 0) is 12.1 Å². The van der Waals surface area contributed by atoms with Crippen molar-refractivity contribution in [3.63, 3.8) is 0 Å². The first-order valence-electron chi connectivity index (χ1n) is 5.14. The number of carbonyl (C=O) groups is 1. The number of methoxy groups -OCH3 is 2. The molecule has 6 heteroatoms. The minimum absolute atomic E-state index is 0.0185. The summed E-state index contributed by atoms with van der Waals surface area (Å²) in [5, 5.41) is 10.6. The van der Waals surface area contributed by atoms with Crippen LogP contribution in [0.5, 0.6) is 0 Å². The topological polar surface area (TPSA) is 71.3 Å². The van der Waals surface area contributed by atoms with Crippen molar-refractivity contribution >= 4 is 11.6 Å². The van der Waals surface area contributed by atoms with E-state index < -0.39 is 18.0 Å². The summed E-state index contributed by atoms with van der Waals surface area (Å²) in [7, 11) is 2.88. The van der Waals surface area contributed by atoms with Gasteiger partial charge in [0.1, 0.15) is 12.2 Å². The molecular weight excluding hydrogens is 239 g/mol. The van der Waals surface area contributed by atoms with E-state index in [1.807, 2.05) is 0 Å². The highest BCUT2D eigenvalue weighted by molar-refractivity contribution is 5.92. The number of carbonyl (C=O) groups excluding carboxylic acids is 1. The average molecular weight is 252 g/mol. The summed E-state index contributed by atoms with van der Waals surface area (Å²) < 4.78 is 23.6. The van der Waals surface area contributed by atoms with Crippen molar-refractivity contribution in [1.82, 2.24) is 0 Å². The molecule has 0 bridgehead atoms. The second kappa shape index (κ2) is 6.69. The number of amides is 1. The normalized spacial score (nSPS) is 10.2. The van der Waals surface area contributed by atoms with Crippen LogP contribution in [0.15, 0.2) is 18.2 Å². The van der Waals surface area contributed by atoms with E-state index in [1.54, 1.807) is 12.1 Å². The molecule has 1 amide bonds. The van der Waals surface area contributed by atoms with Crippen molar-refractivity contribution in [3.05, 3.63) is 29.6 Å². The van der Waals surface area contributed by atoms with Gasteiger partial charge in [0, 0.05) is 19.8 Å². The van der Waals surface area contributed by atoms with Gasteiger partial charge < -0.3 is 14.8 Å². The number of hydrogen-bond donors (Lipinski definition) is 1. The fraction of sp³-hybridized carbons (Fsp3) is 0.333. The summed E-state index contributed by atoms with van der Waals surface area (Å²) in [5.41, 5.74) is 0.515. The third-order valence-corrected chi connectivity index (χ3v) is 2.21. The summed E-state index contributed by atoms with van der Waals surface area (Å²) in [5.74, 6) is -1.17. The molecule has 0 atom stereocenters. The van der Waals surface area contributed by atoms with Gasteiger partial charge in [-0.3, -0.25) is 4.79 Å². The molecule has 0 aliphatic carbocycles. The lowest BCUT2D eigenvalue weighted by atomic mass is 10.2. The van der Waals surface area contributed by atoms with Gasteiger partial charge in [0.15, 0.2) is 6.29 Å². The number of halogens is 1. The van der Waals surface area contributed by atoms with Gasteiger partial charge in [-0.1, -0.05) is 6.07 Å². The Hall–Kier alpha value is -1.97. The van der Waals surface area contributed by atoms with Crippen LogP contribution in [0.4, 0.5) is 10.1 Å². The molecule has 0 aromatic heterocycles. The lowest BCUT2D eigenvalue weighted by molar-refractivity contribution is -0.115. The molecule has 1 aromatic rings. The molecule has 0 fully saturated rings. The van der Waals surface area contributed by atoms with Crippen LogP contribution in [0.3, 0.4) is 0 Å². The largest absolute Gasteiger partial charge is 0.352 e. The Morgan fingerprint density at radius 1 is 1.50 bits per heavy atom. The van der Waals surface area contributed by atoms with Gasteiger partial charge in [-0.2, -0.15) is 5.26 Å². The minimum Gasteiger partial charge on any atom is -0.352 e. The molecule has 18 heavy (non-hydrogen) atoms. The Morgan fingerprint density at radius 2 is 2.17 bits per heavy atom. The molecule has 0 aliphatic rings. The van der Waals surface area contributed by atoms with Crippen LogP contribution in [-0.2, 0) is 14.3 Å². The number of hydrogen-bond acceptors (Lipinski definition) is 4. The maximum absolute atomic E-state index is 13.7. The molecule has 0 unspecified atom stereocenters. The van der Waals surface area contributed by atoms with Crippen LogP contribution < -0.4 is 5.32 Å². The fourth-order valence-electron chi connectivity index (χ4n) is 1.41. The van der Waals surface area contributed by atoms with Crippen molar-refractivity contribution < 1.29 is 18.7 Å². The van der Waals surface area contributed by atoms with E-state index in [0.29, 0.717) is 5.56 Å². The number of rotatable bonds is 5. The van der Waals surface area contributed by atoms with E-state index in [1.165, 1.54) is 26.4 Å². The van der Waals surface area contributed by atoms with Crippen LogP contribution in [0, 0.1) is 17.1 Å². The Kier molecular flexibility index (Phi) is 5.24. The second-order valence-electron chi connectivity index (χ2n) is 3.43. The summed E-state index contributed by atoms with van der Waals surface area (Å²) in [6, 6.07) is 5.85. The zero-order valence-corrected chi connectivity index (χ0v) is 10.1. The molecule has 0 aliphatic heterocycles. The van der Waals surface area contributed by atoms with E-state index in [2.05, 4.69) is 5.32 Å². The van der Waals surface area contributed by atoms with Crippen molar-refractivity contribution in [2.75, 3.05) is 19.5 Å². The van der Waals surface area contributed by atoms with Crippen molar-refractivity contribution in [2.24, 2.45) is 0 Å². The second-order valence-corrected chi connectivity index (χ2v) is 3.43. The highest BCUT2D eigenvalue weighted by Gasteiger charge is 2.13. The Bertz CT molecular complexity index is 467. The van der Waals surface area contributed by atoms with E-state index in [9.17, 15) is 9.18 Å². The van der Waals surface area contributed by atoms with Crippen molar-refractivity contribution in [2.45, 2.75) is 12.7 Å². The quantitative estimate of drug-likeness (QED) is 0.813. The number of nitriles is 1. The molecule has 96 valence electrons. The van der Waals surface area contributed by atoms with Gasteiger partial charge in [-0.25, -0.2) is 4.39 Å². The van der Waals surface area contributed by atoms with Crippen LogP contribution >= 0.6 is 0 Å². The maximum atomic E-state index is 13.7. The van der Waals surface area contributed by atoms with Crippen molar-refractivity contribution in [1.29, 1.82) is 5.26 Å². The molecule has 0 spiro atoms. The molecular formula is C12H13FN2O3. The molecule has 1 aromatic carbocycles. The molecule has 0 radical (unpaired) electrons. The van der Waals surface area contributed by atoms with E-state index >= 15 is 0 Å². The molecule has 1 rings (SSSR count). The van der Waals surface area contributed by atoms with Gasteiger partial charge in [0.05, 0.1) is 11.8 Å². The summed E-state index contributed by atoms with van der Waals surface area (Å²) in [4.78, 5) is 11.1. The molecule has 0 saturated carbocycles. The zero-order chi connectivity index (χ0) is 13.5. The summed E-state index contributed by atoms with van der Waals surface area (Å²) >= 11 is 0. The number of benzene rings is 1. The minimum atomic E-state index is -0.664. The summed E-state index contributed by atoms with van der Waals surface area (Å²) in [6.45, 7) is 0. The van der Waals surface area contributed by atoms with Gasteiger partial charge in [0.25, 0.3) is 0 Å². The first-order valence-corrected chi connectivity index (χ1v) is 5.14. The maximum Gasteiger partial charge on any atom is 0.238 e. The van der Waals surface area contributed by atoms with E-state index in [0.717, 1.165) is 0 Å². The fourth-order valence-corrected chi connectivity index (χ4v) is 1.41. The van der Waals surface area contributed by atoms with Crippen molar-refractivity contribution in [3.8, 4) is 6.07 Å². The van der Waals surface area contributed by atoms with Crippen LogP contribution in [0.25, 0.3) is 0 Å². The van der Waals surface area contributed by atoms with Gasteiger partial charge in [0.2, 0.25) is 5.91 Å². The van der Waals surface area contributed by atoms with Crippen LogP contribution in [0.2, 0.25) is 0 Å². The number of nitrogens with one attached hydrogen (secondary N) is 1. The monoisotopic (exact) mass is 252 g/mol. The Labute approximate surface area is 104 Å². The van der Waals surface area contributed by atoms with Gasteiger partial charge >= 0.3 is 0 Å². The Balaban J connectivity index is 2.86. The SMILES string of the molecule is COC(OC)c1ccc(NC(=O)CC#N)c(F)c1.